The summed E-state index contributed by atoms with van der Waals surface area (Å²) in [4.78, 5) is 11.9. The number of halogens is 1. The standard InChI is InChI=1S/C16H29N5S.HI/c1-5-14-6-7-15(22-14)11-19-16(17-2)18-10-13-12-20(3)8-9-21(13)4;/h6-7,13H,5,8-12H2,1-4H3,(H2,17,18,19);1H. The minimum absolute atomic E-state index is 0. The summed E-state index contributed by atoms with van der Waals surface area (Å²) in [7, 11) is 6.22. The van der Waals surface area contributed by atoms with Crippen molar-refractivity contribution in [2.45, 2.75) is 25.9 Å². The van der Waals surface area contributed by atoms with Crippen LogP contribution in [0.3, 0.4) is 0 Å². The molecule has 1 saturated heterocycles. The lowest BCUT2D eigenvalue weighted by Gasteiger charge is -2.37. The van der Waals surface area contributed by atoms with E-state index in [4.69, 9.17) is 0 Å². The van der Waals surface area contributed by atoms with Crippen LogP contribution in [0.5, 0.6) is 0 Å². The van der Waals surface area contributed by atoms with E-state index < -0.39 is 0 Å². The Morgan fingerprint density at radius 2 is 2.00 bits per heavy atom. The fraction of sp³-hybridized carbons (Fsp3) is 0.688. The van der Waals surface area contributed by atoms with Gasteiger partial charge in [0.15, 0.2) is 5.96 Å². The van der Waals surface area contributed by atoms with E-state index in [1.54, 1.807) is 0 Å². The van der Waals surface area contributed by atoms with Gasteiger partial charge in [0.2, 0.25) is 0 Å². The molecule has 0 spiro atoms. The molecule has 132 valence electrons. The van der Waals surface area contributed by atoms with Crippen molar-refractivity contribution in [3.8, 4) is 0 Å². The molecule has 1 atom stereocenters. The number of piperazine rings is 1. The van der Waals surface area contributed by atoms with Crippen molar-refractivity contribution in [3.05, 3.63) is 21.9 Å². The molecule has 0 bridgehead atoms. The minimum Gasteiger partial charge on any atom is -0.355 e. The second-order valence-electron chi connectivity index (χ2n) is 5.92. The molecule has 1 aliphatic heterocycles. The summed E-state index contributed by atoms with van der Waals surface area (Å²) in [5.41, 5.74) is 0. The second kappa shape index (κ2) is 10.5. The van der Waals surface area contributed by atoms with Gasteiger partial charge in [-0.2, -0.15) is 0 Å². The lowest BCUT2D eigenvalue weighted by atomic mass is 10.2. The maximum absolute atomic E-state index is 4.33. The first-order valence-corrected chi connectivity index (χ1v) is 8.85. The highest BCUT2D eigenvalue weighted by Gasteiger charge is 2.21. The summed E-state index contributed by atoms with van der Waals surface area (Å²) in [6, 6.07) is 4.95. The van der Waals surface area contributed by atoms with Crippen LogP contribution in [-0.4, -0.2) is 69.1 Å². The van der Waals surface area contributed by atoms with E-state index in [2.05, 4.69) is 58.6 Å². The highest BCUT2D eigenvalue weighted by atomic mass is 127. The fourth-order valence-electron chi connectivity index (χ4n) is 2.64. The van der Waals surface area contributed by atoms with Gasteiger partial charge >= 0.3 is 0 Å². The normalized spacial score (nSPS) is 20.2. The van der Waals surface area contributed by atoms with Gasteiger partial charge in [0.1, 0.15) is 0 Å². The molecule has 0 saturated carbocycles. The van der Waals surface area contributed by atoms with Crippen LogP contribution in [-0.2, 0) is 13.0 Å². The first kappa shape index (κ1) is 20.7. The molecule has 1 aromatic heterocycles. The average Bonchev–Trinajstić information content (AvgIpc) is 2.98. The Kier molecular flexibility index (Phi) is 9.41. The van der Waals surface area contributed by atoms with E-state index in [0.717, 1.165) is 45.1 Å². The van der Waals surface area contributed by atoms with Gasteiger partial charge in [0, 0.05) is 49.0 Å². The molecule has 2 N–H and O–H groups in total. The zero-order valence-corrected chi connectivity index (χ0v) is 17.8. The number of nitrogens with zero attached hydrogens (tertiary/aromatic N) is 3. The third-order valence-electron chi connectivity index (χ3n) is 4.20. The van der Waals surface area contributed by atoms with Gasteiger partial charge in [-0.05, 0) is 32.6 Å². The first-order valence-electron chi connectivity index (χ1n) is 8.03. The molecule has 5 nitrogen and oxygen atoms in total. The van der Waals surface area contributed by atoms with E-state index in [1.807, 2.05) is 18.4 Å². The van der Waals surface area contributed by atoms with E-state index in [1.165, 1.54) is 9.75 Å². The maximum Gasteiger partial charge on any atom is 0.191 e. The van der Waals surface area contributed by atoms with Crippen molar-refractivity contribution in [2.75, 3.05) is 47.3 Å². The largest absolute Gasteiger partial charge is 0.355 e. The highest BCUT2D eigenvalue weighted by molar-refractivity contribution is 14.0. The van der Waals surface area contributed by atoms with Crippen molar-refractivity contribution in [1.29, 1.82) is 0 Å². The quantitative estimate of drug-likeness (QED) is 0.408. The van der Waals surface area contributed by atoms with Gasteiger partial charge in [-0.3, -0.25) is 9.89 Å². The van der Waals surface area contributed by atoms with Crippen LogP contribution in [0.4, 0.5) is 0 Å². The maximum atomic E-state index is 4.33. The number of thiophene rings is 1. The zero-order valence-electron chi connectivity index (χ0n) is 14.6. The molecular formula is C16H30IN5S. The predicted molar refractivity (Wildman–Crippen MR) is 111 cm³/mol. The summed E-state index contributed by atoms with van der Waals surface area (Å²) in [5.74, 6) is 0.882. The fourth-order valence-corrected chi connectivity index (χ4v) is 3.53. The smallest absolute Gasteiger partial charge is 0.191 e. The molecule has 0 radical (unpaired) electrons. The third kappa shape index (κ3) is 6.56. The molecule has 0 aromatic carbocycles. The van der Waals surface area contributed by atoms with Crippen LogP contribution >= 0.6 is 35.3 Å². The molecule has 1 unspecified atom stereocenters. The van der Waals surface area contributed by atoms with Gasteiger partial charge in [-0.15, -0.1) is 35.3 Å². The Hall–Kier alpha value is -0.380. The van der Waals surface area contributed by atoms with Crippen molar-refractivity contribution < 1.29 is 0 Å². The van der Waals surface area contributed by atoms with Gasteiger partial charge in [-0.25, -0.2) is 0 Å². The Balaban J connectivity index is 0.00000264. The van der Waals surface area contributed by atoms with Gasteiger partial charge in [0.05, 0.1) is 6.54 Å². The van der Waals surface area contributed by atoms with Crippen LogP contribution in [0.2, 0.25) is 0 Å². The van der Waals surface area contributed by atoms with Crippen LogP contribution in [0.15, 0.2) is 17.1 Å². The molecule has 1 aliphatic rings. The number of aliphatic imine (C=N–C) groups is 1. The number of guanidine groups is 1. The van der Waals surface area contributed by atoms with Gasteiger partial charge < -0.3 is 15.5 Å². The van der Waals surface area contributed by atoms with Crippen LogP contribution in [0.1, 0.15) is 16.7 Å². The number of nitrogens with one attached hydrogen (secondary N) is 2. The summed E-state index contributed by atoms with van der Waals surface area (Å²) in [6.07, 6.45) is 1.11. The lowest BCUT2D eigenvalue weighted by molar-refractivity contribution is 0.116. The van der Waals surface area contributed by atoms with E-state index in [-0.39, 0.29) is 24.0 Å². The van der Waals surface area contributed by atoms with Crippen LogP contribution in [0.25, 0.3) is 0 Å². The number of aryl methyl sites for hydroxylation is 1. The first-order chi connectivity index (χ1) is 10.6. The highest BCUT2D eigenvalue weighted by Crippen LogP contribution is 2.16. The summed E-state index contributed by atoms with van der Waals surface area (Å²) in [6.45, 7) is 7.34. The van der Waals surface area contributed by atoms with E-state index in [9.17, 15) is 0 Å². The topological polar surface area (TPSA) is 42.9 Å². The van der Waals surface area contributed by atoms with Crippen LogP contribution in [0, 0.1) is 0 Å². The molecule has 23 heavy (non-hydrogen) atoms. The average molecular weight is 451 g/mol. The Morgan fingerprint density at radius 1 is 1.26 bits per heavy atom. The summed E-state index contributed by atoms with van der Waals surface area (Å²) < 4.78 is 0. The Bertz CT molecular complexity index is 491. The summed E-state index contributed by atoms with van der Waals surface area (Å²) in [5, 5.41) is 6.86. The molecule has 2 rings (SSSR count). The molecular weight excluding hydrogens is 421 g/mol. The molecule has 1 aromatic rings. The zero-order chi connectivity index (χ0) is 15.9. The van der Waals surface area contributed by atoms with Gasteiger partial charge in [0.25, 0.3) is 0 Å². The van der Waals surface area contributed by atoms with E-state index in [0.29, 0.717) is 6.04 Å². The number of likely N-dealkylation sites (N-methyl/N-ethyl adjacent to an activating group) is 2. The molecule has 0 aliphatic carbocycles. The van der Waals surface area contributed by atoms with Crippen molar-refractivity contribution in [1.82, 2.24) is 20.4 Å². The molecule has 1 fully saturated rings. The number of hydrogen-bond acceptors (Lipinski definition) is 4. The Morgan fingerprint density at radius 3 is 2.65 bits per heavy atom. The van der Waals surface area contributed by atoms with E-state index >= 15 is 0 Å². The monoisotopic (exact) mass is 451 g/mol. The van der Waals surface area contributed by atoms with Crippen LogP contribution < -0.4 is 10.6 Å². The molecule has 2 heterocycles. The Labute approximate surface area is 161 Å². The predicted octanol–water partition coefficient (Wildman–Crippen LogP) is 1.84. The van der Waals surface area contributed by atoms with Gasteiger partial charge in [-0.1, -0.05) is 6.92 Å². The summed E-state index contributed by atoms with van der Waals surface area (Å²) >= 11 is 1.87. The SMILES string of the molecule is CCc1ccc(CNC(=NC)NCC2CN(C)CCN2C)s1.I. The molecule has 7 heteroatoms. The third-order valence-corrected chi connectivity index (χ3v) is 5.43. The molecule has 0 amide bonds. The number of hydrogen-bond donors (Lipinski definition) is 2. The second-order valence-corrected chi connectivity index (χ2v) is 7.18. The van der Waals surface area contributed by atoms with Crippen molar-refractivity contribution in [3.63, 3.8) is 0 Å². The van der Waals surface area contributed by atoms with Crippen molar-refractivity contribution in [2.24, 2.45) is 4.99 Å². The minimum atomic E-state index is 0. The lowest BCUT2D eigenvalue weighted by Crippen LogP contribution is -2.55. The van der Waals surface area contributed by atoms with Crippen molar-refractivity contribution >= 4 is 41.3 Å². The number of rotatable bonds is 5.